The van der Waals surface area contributed by atoms with Gasteiger partial charge in [0.05, 0.1) is 0 Å². The quantitative estimate of drug-likeness (QED) is 0.268. The summed E-state index contributed by atoms with van der Waals surface area (Å²) >= 11 is 7.19. The first kappa shape index (κ1) is 23.3. The van der Waals surface area contributed by atoms with Crippen LogP contribution in [-0.2, 0) is 5.41 Å². The standard InChI is InChI=1S/C30H30Br2/c1-21(2)20-30(3,26-12-4-22(5-13-26)24-8-16-28(31)17-9-24)27-14-6-23(7-15-27)25-10-18-29(32)19-11-25/h4-18,21,29H,19-20H2,1-3H3. The van der Waals surface area contributed by atoms with E-state index in [1.54, 1.807) is 0 Å². The van der Waals surface area contributed by atoms with Crippen molar-refractivity contribution in [2.75, 3.05) is 0 Å². The Morgan fingerprint density at radius 1 is 0.812 bits per heavy atom. The maximum atomic E-state index is 3.66. The van der Waals surface area contributed by atoms with Crippen molar-refractivity contribution < 1.29 is 0 Å². The van der Waals surface area contributed by atoms with Crippen LogP contribution in [0.5, 0.6) is 0 Å². The summed E-state index contributed by atoms with van der Waals surface area (Å²) in [5, 5.41) is 0. The third-order valence-electron chi connectivity index (χ3n) is 6.42. The lowest BCUT2D eigenvalue weighted by Crippen LogP contribution is -2.25. The second-order valence-corrected chi connectivity index (χ2v) is 11.5. The average Bonchev–Trinajstić information content (AvgIpc) is 2.80. The van der Waals surface area contributed by atoms with Crippen LogP contribution < -0.4 is 0 Å². The highest BCUT2D eigenvalue weighted by atomic mass is 79.9. The van der Waals surface area contributed by atoms with Crippen LogP contribution in [0.4, 0.5) is 0 Å². The minimum Gasteiger partial charge on any atom is -0.0842 e. The van der Waals surface area contributed by atoms with E-state index < -0.39 is 0 Å². The number of alkyl halides is 1. The molecule has 2 atom stereocenters. The summed E-state index contributed by atoms with van der Waals surface area (Å²) in [6, 6.07) is 26.9. The van der Waals surface area contributed by atoms with E-state index >= 15 is 0 Å². The molecule has 0 aromatic heterocycles. The molecule has 32 heavy (non-hydrogen) atoms. The largest absolute Gasteiger partial charge is 0.0842 e. The van der Waals surface area contributed by atoms with Gasteiger partial charge in [-0.15, -0.1) is 0 Å². The highest BCUT2D eigenvalue weighted by Crippen LogP contribution is 2.39. The van der Waals surface area contributed by atoms with Crippen molar-refractivity contribution in [3.8, 4) is 11.1 Å². The fourth-order valence-corrected chi connectivity index (χ4v) is 5.33. The van der Waals surface area contributed by atoms with Crippen LogP contribution in [0.2, 0.25) is 0 Å². The summed E-state index contributed by atoms with van der Waals surface area (Å²) in [5.74, 6) is 0.602. The molecule has 0 N–H and O–H groups in total. The average molecular weight is 550 g/mol. The van der Waals surface area contributed by atoms with Gasteiger partial charge < -0.3 is 0 Å². The predicted octanol–water partition coefficient (Wildman–Crippen LogP) is 9.57. The fourth-order valence-electron chi connectivity index (χ4n) is 4.73. The third kappa shape index (κ3) is 5.18. The topological polar surface area (TPSA) is 0 Å². The van der Waals surface area contributed by atoms with Gasteiger partial charge in [-0.1, -0.05) is 132 Å². The number of allylic oxidation sites excluding steroid dienone is 4. The molecule has 2 heteroatoms. The Morgan fingerprint density at radius 2 is 1.31 bits per heavy atom. The second kappa shape index (κ2) is 9.93. The van der Waals surface area contributed by atoms with E-state index in [9.17, 15) is 0 Å². The summed E-state index contributed by atoms with van der Waals surface area (Å²) in [7, 11) is 0. The molecular weight excluding hydrogens is 520 g/mol. The van der Waals surface area contributed by atoms with Crippen LogP contribution in [0.3, 0.4) is 0 Å². The molecular formula is C30H30Br2. The number of benzene rings is 3. The third-order valence-corrected chi connectivity index (χ3v) is 7.63. The van der Waals surface area contributed by atoms with Gasteiger partial charge >= 0.3 is 0 Å². The molecule has 0 heterocycles. The van der Waals surface area contributed by atoms with Gasteiger partial charge in [-0.3, -0.25) is 0 Å². The predicted molar refractivity (Wildman–Crippen MR) is 146 cm³/mol. The van der Waals surface area contributed by atoms with E-state index in [4.69, 9.17) is 0 Å². The van der Waals surface area contributed by atoms with Crippen LogP contribution in [0.1, 0.15) is 50.3 Å². The molecule has 0 bridgehead atoms. The SMILES string of the molecule is CC(C)CC(C)(c1ccc(C2=CCC(Br)C=C2)cc1)c1ccc(-c2ccc(Br)cc2)cc1. The minimum absolute atomic E-state index is 0.0251. The molecule has 4 rings (SSSR count). The summed E-state index contributed by atoms with van der Waals surface area (Å²) in [5.41, 5.74) is 7.84. The maximum Gasteiger partial charge on any atom is 0.0363 e. The molecule has 3 aromatic rings. The first-order valence-electron chi connectivity index (χ1n) is 11.3. The van der Waals surface area contributed by atoms with E-state index in [1.165, 1.54) is 33.4 Å². The second-order valence-electron chi connectivity index (χ2n) is 9.36. The molecule has 0 aliphatic heterocycles. The lowest BCUT2D eigenvalue weighted by atomic mass is 9.70. The van der Waals surface area contributed by atoms with Crippen molar-refractivity contribution in [2.24, 2.45) is 5.92 Å². The highest BCUT2D eigenvalue weighted by molar-refractivity contribution is 9.10. The Morgan fingerprint density at radius 3 is 1.78 bits per heavy atom. The molecule has 164 valence electrons. The van der Waals surface area contributed by atoms with Gasteiger partial charge in [0.15, 0.2) is 0 Å². The zero-order valence-electron chi connectivity index (χ0n) is 19.0. The molecule has 0 spiro atoms. The van der Waals surface area contributed by atoms with E-state index in [0.717, 1.165) is 17.3 Å². The maximum absolute atomic E-state index is 3.66. The van der Waals surface area contributed by atoms with E-state index in [1.807, 2.05) is 0 Å². The van der Waals surface area contributed by atoms with Gasteiger partial charge in [0.1, 0.15) is 0 Å². The first-order valence-corrected chi connectivity index (χ1v) is 13.1. The molecule has 0 radical (unpaired) electrons. The molecule has 2 unspecified atom stereocenters. The van der Waals surface area contributed by atoms with Crippen molar-refractivity contribution in [3.63, 3.8) is 0 Å². The number of halogens is 2. The van der Waals surface area contributed by atoms with Crippen LogP contribution in [-0.4, -0.2) is 4.83 Å². The lowest BCUT2D eigenvalue weighted by molar-refractivity contribution is 0.427. The van der Waals surface area contributed by atoms with Crippen molar-refractivity contribution >= 4 is 37.4 Å². The summed E-state index contributed by atoms with van der Waals surface area (Å²) in [6.45, 7) is 7.03. The zero-order chi connectivity index (χ0) is 22.7. The van der Waals surface area contributed by atoms with Gasteiger partial charge in [-0.05, 0) is 64.3 Å². The van der Waals surface area contributed by atoms with Gasteiger partial charge in [0, 0.05) is 14.7 Å². The van der Waals surface area contributed by atoms with Crippen LogP contribution in [0.25, 0.3) is 16.7 Å². The molecule has 1 aliphatic carbocycles. The van der Waals surface area contributed by atoms with Crippen LogP contribution >= 0.6 is 31.9 Å². The van der Waals surface area contributed by atoms with Crippen LogP contribution in [0, 0.1) is 5.92 Å². The monoisotopic (exact) mass is 548 g/mol. The van der Waals surface area contributed by atoms with Crippen molar-refractivity contribution in [1.82, 2.24) is 0 Å². The van der Waals surface area contributed by atoms with Gasteiger partial charge in [-0.25, -0.2) is 0 Å². The molecule has 0 nitrogen and oxygen atoms in total. The van der Waals surface area contributed by atoms with Gasteiger partial charge in [0.25, 0.3) is 0 Å². The van der Waals surface area contributed by atoms with Crippen molar-refractivity contribution in [2.45, 2.75) is 43.9 Å². The molecule has 0 amide bonds. The number of rotatable bonds is 6. The van der Waals surface area contributed by atoms with Gasteiger partial charge in [0.2, 0.25) is 0 Å². The summed E-state index contributed by atoms with van der Waals surface area (Å²) in [6.07, 6.45) is 8.94. The Bertz CT molecular complexity index is 1100. The Hall–Kier alpha value is -1.90. The number of hydrogen-bond acceptors (Lipinski definition) is 0. The Labute approximate surface area is 209 Å². The van der Waals surface area contributed by atoms with E-state index in [2.05, 4.69) is 144 Å². The molecule has 0 saturated heterocycles. The molecule has 0 saturated carbocycles. The lowest BCUT2D eigenvalue weighted by Gasteiger charge is -2.33. The Kier molecular flexibility index (Phi) is 7.22. The van der Waals surface area contributed by atoms with Crippen molar-refractivity contribution in [3.05, 3.63) is 112 Å². The summed E-state index contributed by atoms with van der Waals surface area (Å²) < 4.78 is 1.11. The van der Waals surface area contributed by atoms with E-state index in [0.29, 0.717) is 10.7 Å². The van der Waals surface area contributed by atoms with Crippen molar-refractivity contribution in [1.29, 1.82) is 0 Å². The van der Waals surface area contributed by atoms with Gasteiger partial charge in [-0.2, -0.15) is 0 Å². The highest BCUT2D eigenvalue weighted by Gasteiger charge is 2.30. The smallest absolute Gasteiger partial charge is 0.0363 e. The normalized spacial score (nSPS) is 17.8. The summed E-state index contributed by atoms with van der Waals surface area (Å²) in [4.78, 5) is 0.459. The molecule has 3 aromatic carbocycles. The first-order chi connectivity index (χ1) is 15.3. The Balaban J connectivity index is 1.65. The van der Waals surface area contributed by atoms with E-state index in [-0.39, 0.29) is 5.41 Å². The molecule has 0 fully saturated rings. The molecule has 1 aliphatic rings. The minimum atomic E-state index is -0.0251. The van der Waals surface area contributed by atoms with Crippen LogP contribution in [0.15, 0.2) is 95.5 Å². The zero-order valence-corrected chi connectivity index (χ0v) is 22.2. The fraction of sp³-hybridized carbons (Fsp3) is 0.267. The number of hydrogen-bond donors (Lipinski definition) is 0.